The smallest absolute Gasteiger partial charge is 0.318 e. The number of nitrogens with zero attached hydrogens (tertiary/aromatic N) is 3. The predicted molar refractivity (Wildman–Crippen MR) is 121 cm³/mol. The summed E-state index contributed by atoms with van der Waals surface area (Å²) in [6.07, 6.45) is 2.29. The average molecular weight is 441 g/mol. The van der Waals surface area contributed by atoms with Crippen LogP contribution in [-0.4, -0.2) is 27.9 Å². The number of amides is 2. The quantitative estimate of drug-likeness (QED) is 0.413. The van der Waals surface area contributed by atoms with E-state index in [9.17, 15) is 9.18 Å². The number of fused-ring (bicyclic) bond motifs is 1. The fourth-order valence-corrected chi connectivity index (χ4v) is 4.88. The minimum absolute atomic E-state index is 0.169. The maximum atomic E-state index is 13.8. The number of urea groups is 1. The molecule has 5 nitrogen and oxygen atoms in total. The minimum Gasteiger partial charge on any atom is -0.318 e. The van der Waals surface area contributed by atoms with E-state index in [2.05, 4.69) is 15.3 Å². The number of hydrogen-bond donors (Lipinski definition) is 1. The molecule has 154 valence electrons. The van der Waals surface area contributed by atoms with Crippen molar-refractivity contribution in [3.05, 3.63) is 75.5 Å². The molecule has 0 aliphatic rings. The highest BCUT2D eigenvalue weighted by atomic mass is 32.1. The van der Waals surface area contributed by atoms with Gasteiger partial charge < -0.3 is 4.90 Å². The van der Waals surface area contributed by atoms with Crippen LogP contribution in [0.2, 0.25) is 0 Å². The standard InChI is InChI=1S/C22H21FN4OS2/c1-13-8-9-15(11-17(13)23)10-16-12-24-21(29-16)26-22(28)27(3)14(2)20-25-18-6-4-5-7-19(18)30-20/h4-9,11-12,14H,10H2,1-3H3,(H,24,26,28). The van der Waals surface area contributed by atoms with Crippen molar-refractivity contribution in [2.45, 2.75) is 26.3 Å². The number of carbonyl (C=O) groups excluding carboxylic acids is 1. The highest BCUT2D eigenvalue weighted by Crippen LogP contribution is 2.29. The van der Waals surface area contributed by atoms with E-state index in [-0.39, 0.29) is 17.9 Å². The molecule has 2 amide bonds. The molecule has 0 saturated carbocycles. The number of carbonyl (C=O) groups is 1. The van der Waals surface area contributed by atoms with Gasteiger partial charge in [0.15, 0.2) is 5.13 Å². The number of hydrogen-bond acceptors (Lipinski definition) is 5. The molecule has 2 heterocycles. The molecule has 8 heteroatoms. The van der Waals surface area contributed by atoms with E-state index in [0.29, 0.717) is 17.1 Å². The second-order valence-corrected chi connectivity index (χ2v) is 9.31. The monoisotopic (exact) mass is 440 g/mol. The van der Waals surface area contributed by atoms with E-state index < -0.39 is 0 Å². The molecule has 2 aromatic carbocycles. The van der Waals surface area contributed by atoms with E-state index in [0.717, 1.165) is 25.7 Å². The number of thiazole rings is 2. The van der Waals surface area contributed by atoms with Crippen molar-refractivity contribution < 1.29 is 9.18 Å². The Labute approximate surface area is 182 Å². The van der Waals surface area contributed by atoms with Gasteiger partial charge in [0.25, 0.3) is 0 Å². The van der Waals surface area contributed by atoms with Crippen molar-refractivity contribution in [1.29, 1.82) is 0 Å². The fraction of sp³-hybridized carbons (Fsp3) is 0.227. The van der Waals surface area contributed by atoms with Gasteiger partial charge in [0, 0.05) is 24.5 Å². The first-order valence-electron chi connectivity index (χ1n) is 9.49. The van der Waals surface area contributed by atoms with E-state index in [1.54, 1.807) is 48.5 Å². The summed E-state index contributed by atoms with van der Waals surface area (Å²) in [6, 6.07) is 12.7. The lowest BCUT2D eigenvalue weighted by Gasteiger charge is -2.22. The molecule has 0 aliphatic heterocycles. The Hall–Kier alpha value is -2.84. The summed E-state index contributed by atoms with van der Waals surface area (Å²) >= 11 is 2.98. The van der Waals surface area contributed by atoms with Crippen LogP contribution in [0.5, 0.6) is 0 Å². The summed E-state index contributed by atoms with van der Waals surface area (Å²) in [5.74, 6) is -0.212. The second-order valence-electron chi connectivity index (χ2n) is 7.13. The SMILES string of the molecule is Cc1ccc(Cc2cnc(NC(=O)N(C)C(C)c3nc4ccccc4s3)s2)cc1F. The normalized spacial score (nSPS) is 12.1. The van der Waals surface area contributed by atoms with Crippen molar-refractivity contribution in [3.8, 4) is 0 Å². The van der Waals surface area contributed by atoms with Gasteiger partial charge in [-0.05, 0) is 43.2 Å². The van der Waals surface area contributed by atoms with Crippen LogP contribution >= 0.6 is 22.7 Å². The first-order valence-corrected chi connectivity index (χ1v) is 11.1. The molecule has 1 atom stereocenters. The second kappa shape index (κ2) is 8.49. The summed E-state index contributed by atoms with van der Waals surface area (Å²) in [5.41, 5.74) is 2.44. The topological polar surface area (TPSA) is 58.1 Å². The van der Waals surface area contributed by atoms with Crippen molar-refractivity contribution in [1.82, 2.24) is 14.9 Å². The van der Waals surface area contributed by atoms with E-state index >= 15 is 0 Å². The number of aryl methyl sites for hydroxylation is 1. The third-order valence-corrected chi connectivity index (χ3v) is 7.07. The Kier molecular flexibility index (Phi) is 5.78. The molecule has 0 fully saturated rings. The van der Waals surface area contributed by atoms with Crippen molar-refractivity contribution >= 4 is 44.1 Å². The molecule has 4 rings (SSSR count). The molecule has 0 saturated heterocycles. The van der Waals surface area contributed by atoms with Gasteiger partial charge >= 0.3 is 6.03 Å². The lowest BCUT2D eigenvalue weighted by atomic mass is 10.1. The summed E-state index contributed by atoms with van der Waals surface area (Å²) in [6.45, 7) is 3.70. The predicted octanol–water partition coefficient (Wildman–Crippen LogP) is 6.02. The van der Waals surface area contributed by atoms with Crippen LogP contribution in [0.4, 0.5) is 14.3 Å². The number of benzene rings is 2. The van der Waals surface area contributed by atoms with Gasteiger partial charge in [0.1, 0.15) is 10.8 Å². The molecular weight excluding hydrogens is 419 g/mol. The summed E-state index contributed by atoms with van der Waals surface area (Å²) in [5, 5.41) is 4.25. The average Bonchev–Trinajstić information content (AvgIpc) is 3.36. The highest BCUT2D eigenvalue weighted by molar-refractivity contribution is 7.18. The highest BCUT2D eigenvalue weighted by Gasteiger charge is 2.21. The Morgan fingerprint density at radius 2 is 2.03 bits per heavy atom. The van der Waals surface area contributed by atoms with Crippen LogP contribution < -0.4 is 5.32 Å². The molecule has 30 heavy (non-hydrogen) atoms. The number of aromatic nitrogens is 2. The third-order valence-electron chi connectivity index (χ3n) is 4.95. The minimum atomic E-state index is -0.246. The lowest BCUT2D eigenvalue weighted by molar-refractivity contribution is 0.208. The molecule has 1 N–H and O–H groups in total. The molecule has 4 aromatic rings. The lowest BCUT2D eigenvalue weighted by Crippen LogP contribution is -2.33. The summed E-state index contributed by atoms with van der Waals surface area (Å²) in [4.78, 5) is 24.2. The number of para-hydroxylation sites is 1. The van der Waals surface area contributed by atoms with E-state index in [4.69, 9.17) is 0 Å². The Bertz CT molecular complexity index is 1170. The van der Waals surface area contributed by atoms with E-state index in [1.165, 1.54) is 11.3 Å². The number of halogens is 1. The van der Waals surface area contributed by atoms with Crippen molar-refractivity contribution in [3.63, 3.8) is 0 Å². The van der Waals surface area contributed by atoms with Crippen LogP contribution in [0.3, 0.4) is 0 Å². The van der Waals surface area contributed by atoms with Crippen LogP contribution in [-0.2, 0) is 6.42 Å². The van der Waals surface area contributed by atoms with Crippen LogP contribution in [0.25, 0.3) is 10.2 Å². The molecular formula is C22H21FN4OS2. The molecule has 0 radical (unpaired) electrons. The Balaban J connectivity index is 1.41. The Morgan fingerprint density at radius 1 is 1.23 bits per heavy atom. The van der Waals surface area contributed by atoms with Gasteiger partial charge in [-0.15, -0.1) is 22.7 Å². The molecule has 0 bridgehead atoms. The number of nitrogens with one attached hydrogen (secondary N) is 1. The van der Waals surface area contributed by atoms with Crippen LogP contribution in [0.15, 0.2) is 48.7 Å². The zero-order valence-electron chi connectivity index (χ0n) is 16.8. The maximum Gasteiger partial charge on any atom is 0.323 e. The van der Waals surface area contributed by atoms with Gasteiger partial charge in [-0.25, -0.2) is 19.2 Å². The number of rotatable bonds is 5. The van der Waals surface area contributed by atoms with Crippen LogP contribution in [0, 0.1) is 12.7 Å². The zero-order chi connectivity index (χ0) is 21.3. The Morgan fingerprint density at radius 3 is 2.80 bits per heavy atom. The molecule has 0 aliphatic carbocycles. The van der Waals surface area contributed by atoms with E-state index in [1.807, 2.05) is 37.3 Å². The molecule has 2 aromatic heterocycles. The molecule has 1 unspecified atom stereocenters. The first-order chi connectivity index (χ1) is 14.4. The van der Waals surface area contributed by atoms with Gasteiger partial charge in [-0.2, -0.15) is 0 Å². The van der Waals surface area contributed by atoms with Gasteiger partial charge in [-0.1, -0.05) is 24.3 Å². The molecule has 0 spiro atoms. The van der Waals surface area contributed by atoms with Crippen LogP contribution in [0.1, 0.15) is 34.0 Å². The van der Waals surface area contributed by atoms with Gasteiger partial charge in [-0.3, -0.25) is 5.32 Å². The maximum absolute atomic E-state index is 13.8. The largest absolute Gasteiger partial charge is 0.323 e. The number of anilines is 1. The van der Waals surface area contributed by atoms with Gasteiger partial charge in [0.2, 0.25) is 0 Å². The first kappa shape index (κ1) is 20.4. The van der Waals surface area contributed by atoms with Gasteiger partial charge in [0.05, 0.1) is 16.3 Å². The third kappa shape index (κ3) is 4.34. The summed E-state index contributed by atoms with van der Waals surface area (Å²) < 4.78 is 14.9. The summed E-state index contributed by atoms with van der Waals surface area (Å²) in [7, 11) is 1.75. The fourth-order valence-electron chi connectivity index (χ4n) is 2.98. The van der Waals surface area contributed by atoms with Crippen molar-refractivity contribution in [2.75, 3.05) is 12.4 Å². The zero-order valence-corrected chi connectivity index (χ0v) is 18.5. The van der Waals surface area contributed by atoms with Crippen molar-refractivity contribution in [2.24, 2.45) is 0 Å².